The van der Waals surface area contributed by atoms with Crippen molar-refractivity contribution in [2.75, 3.05) is 16.4 Å². The van der Waals surface area contributed by atoms with Gasteiger partial charge >= 0.3 is 0 Å². The van der Waals surface area contributed by atoms with Gasteiger partial charge in [-0.1, -0.05) is 35.2 Å². The predicted molar refractivity (Wildman–Crippen MR) is 100 cm³/mol. The summed E-state index contributed by atoms with van der Waals surface area (Å²) in [7, 11) is 0. The number of rotatable bonds is 6. The second kappa shape index (κ2) is 8.69. The molecule has 2 amide bonds. The second-order valence-electron chi connectivity index (χ2n) is 5.15. The Balaban J connectivity index is 1.52. The minimum absolute atomic E-state index is 0.0628. The van der Waals surface area contributed by atoms with Gasteiger partial charge in [-0.25, -0.2) is 8.78 Å². The van der Waals surface area contributed by atoms with Crippen molar-refractivity contribution in [1.29, 1.82) is 0 Å². The molecule has 138 valence electrons. The van der Waals surface area contributed by atoms with Crippen LogP contribution in [0.4, 0.5) is 19.6 Å². The third-order valence-corrected chi connectivity index (χ3v) is 5.17. The molecule has 2 aromatic carbocycles. The Morgan fingerprint density at radius 2 is 1.74 bits per heavy atom. The van der Waals surface area contributed by atoms with E-state index in [2.05, 4.69) is 20.8 Å². The summed E-state index contributed by atoms with van der Waals surface area (Å²) in [5.74, 6) is -1.88. The van der Waals surface area contributed by atoms with Crippen molar-refractivity contribution in [2.45, 2.75) is 4.34 Å². The first-order chi connectivity index (χ1) is 13.0. The number of carbonyl (C=O) groups is 2. The minimum Gasteiger partial charge on any atom is -0.325 e. The van der Waals surface area contributed by atoms with Crippen LogP contribution in [0.1, 0.15) is 10.4 Å². The maximum atomic E-state index is 13.6. The van der Waals surface area contributed by atoms with Crippen molar-refractivity contribution < 1.29 is 18.4 Å². The minimum atomic E-state index is -0.633. The van der Waals surface area contributed by atoms with Crippen LogP contribution < -0.4 is 10.6 Å². The summed E-state index contributed by atoms with van der Waals surface area (Å²) in [5, 5.41) is 13.0. The number of carbonyl (C=O) groups excluding carboxylic acids is 2. The number of benzene rings is 2. The molecule has 0 aliphatic carbocycles. The Hall–Kier alpha value is -2.85. The molecule has 0 saturated carbocycles. The van der Waals surface area contributed by atoms with Gasteiger partial charge in [0.2, 0.25) is 11.0 Å². The Kier molecular flexibility index (Phi) is 6.09. The van der Waals surface area contributed by atoms with Gasteiger partial charge in [0.15, 0.2) is 4.34 Å². The number of anilines is 2. The van der Waals surface area contributed by atoms with E-state index in [9.17, 15) is 18.4 Å². The molecule has 0 aliphatic heterocycles. The van der Waals surface area contributed by atoms with Crippen LogP contribution in [0, 0.1) is 11.6 Å². The molecule has 0 radical (unpaired) electrons. The van der Waals surface area contributed by atoms with Crippen molar-refractivity contribution in [1.82, 2.24) is 10.2 Å². The number of thioether (sulfide) groups is 1. The van der Waals surface area contributed by atoms with Crippen molar-refractivity contribution in [3.05, 3.63) is 65.7 Å². The molecule has 0 aliphatic rings. The number of hydrogen-bond donors (Lipinski definition) is 2. The number of halogens is 2. The fourth-order valence-electron chi connectivity index (χ4n) is 1.99. The first-order valence-corrected chi connectivity index (χ1v) is 9.39. The van der Waals surface area contributed by atoms with Crippen LogP contribution in [0.15, 0.2) is 52.9 Å². The molecular weight excluding hydrogens is 394 g/mol. The van der Waals surface area contributed by atoms with Crippen LogP contribution in [0.25, 0.3) is 0 Å². The monoisotopic (exact) mass is 406 g/mol. The number of nitrogens with one attached hydrogen (secondary N) is 2. The van der Waals surface area contributed by atoms with Crippen molar-refractivity contribution >= 4 is 45.7 Å². The molecule has 0 unspecified atom stereocenters. The molecule has 3 rings (SSSR count). The van der Waals surface area contributed by atoms with Gasteiger partial charge in [0.1, 0.15) is 11.6 Å². The summed E-state index contributed by atoms with van der Waals surface area (Å²) >= 11 is 2.20. The van der Waals surface area contributed by atoms with Gasteiger partial charge < -0.3 is 5.32 Å². The lowest BCUT2D eigenvalue weighted by Crippen LogP contribution is -2.13. The lowest BCUT2D eigenvalue weighted by Gasteiger charge is -2.03. The highest BCUT2D eigenvalue weighted by Crippen LogP contribution is 2.26. The van der Waals surface area contributed by atoms with Crippen LogP contribution in [-0.4, -0.2) is 27.8 Å². The summed E-state index contributed by atoms with van der Waals surface area (Å²) in [6, 6.07) is 11.0. The van der Waals surface area contributed by atoms with Gasteiger partial charge in [-0.15, -0.1) is 10.2 Å². The molecule has 27 heavy (non-hydrogen) atoms. The zero-order valence-corrected chi connectivity index (χ0v) is 15.2. The van der Waals surface area contributed by atoms with Crippen molar-refractivity contribution in [3.63, 3.8) is 0 Å². The van der Waals surface area contributed by atoms with Gasteiger partial charge in [-0.3, -0.25) is 14.9 Å². The fourth-order valence-corrected chi connectivity index (χ4v) is 3.53. The van der Waals surface area contributed by atoms with Crippen molar-refractivity contribution in [3.8, 4) is 0 Å². The fraction of sp³-hybridized carbons (Fsp3) is 0.0588. The number of hydrogen-bond acceptors (Lipinski definition) is 6. The molecule has 0 spiro atoms. The normalized spacial score (nSPS) is 10.4. The lowest BCUT2D eigenvalue weighted by molar-refractivity contribution is -0.113. The Labute approximate surface area is 161 Å². The Bertz CT molecular complexity index is 964. The van der Waals surface area contributed by atoms with Crippen LogP contribution in [0.5, 0.6) is 0 Å². The van der Waals surface area contributed by atoms with E-state index in [4.69, 9.17) is 0 Å². The molecule has 0 saturated heterocycles. The molecule has 1 heterocycles. The molecule has 3 aromatic rings. The summed E-state index contributed by atoms with van der Waals surface area (Å²) in [4.78, 5) is 23.9. The van der Waals surface area contributed by atoms with Gasteiger partial charge in [0, 0.05) is 5.69 Å². The van der Waals surface area contributed by atoms with Crippen LogP contribution >= 0.6 is 23.1 Å². The molecule has 1 aromatic heterocycles. The topological polar surface area (TPSA) is 84.0 Å². The lowest BCUT2D eigenvalue weighted by atomic mass is 10.2. The highest BCUT2D eigenvalue weighted by Gasteiger charge is 2.14. The predicted octanol–water partition coefficient (Wildman–Crippen LogP) is 3.80. The second-order valence-corrected chi connectivity index (χ2v) is 7.35. The highest BCUT2D eigenvalue weighted by atomic mass is 32.2. The Morgan fingerprint density at radius 3 is 2.48 bits per heavy atom. The first-order valence-electron chi connectivity index (χ1n) is 7.59. The standard InChI is InChI=1S/C17H12F2N4O2S2/c18-10-5-7-11(8-6-10)20-14(24)9-26-17-23-22-16(27-17)21-15(25)12-3-1-2-4-13(12)19/h1-8H,9H2,(H,20,24)(H,21,22,25). The zero-order chi connectivity index (χ0) is 19.2. The SMILES string of the molecule is O=C(CSc1nnc(NC(=O)c2ccccc2F)s1)Nc1ccc(F)cc1. The van der Waals surface area contributed by atoms with Gasteiger partial charge in [0.05, 0.1) is 11.3 Å². The summed E-state index contributed by atoms with van der Waals surface area (Å²) in [5.41, 5.74) is 0.387. The molecule has 10 heteroatoms. The van der Waals surface area contributed by atoms with Crippen LogP contribution in [-0.2, 0) is 4.79 Å². The van der Waals surface area contributed by atoms with E-state index in [0.29, 0.717) is 10.0 Å². The molecule has 0 bridgehead atoms. The Morgan fingerprint density at radius 1 is 1.00 bits per heavy atom. The van der Waals surface area contributed by atoms with Crippen molar-refractivity contribution in [2.24, 2.45) is 0 Å². The van der Waals surface area contributed by atoms with E-state index in [-0.39, 0.29) is 28.2 Å². The summed E-state index contributed by atoms with van der Waals surface area (Å²) in [6.07, 6.45) is 0. The average molecular weight is 406 g/mol. The van der Waals surface area contributed by atoms with E-state index >= 15 is 0 Å². The van der Waals surface area contributed by atoms with E-state index < -0.39 is 11.7 Å². The maximum absolute atomic E-state index is 13.6. The quantitative estimate of drug-likeness (QED) is 0.481. The van der Waals surface area contributed by atoms with E-state index in [0.717, 1.165) is 23.1 Å². The number of aromatic nitrogens is 2. The third kappa shape index (κ3) is 5.31. The summed E-state index contributed by atoms with van der Waals surface area (Å²) < 4.78 is 26.9. The number of nitrogens with zero attached hydrogens (tertiary/aromatic N) is 2. The first kappa shape index (κ1) is 18.9. The molecule has 0 atom stereocenters. The molecular formula is C17H12F2N4O2S2. The molecule has 2 N–H and O–H groups in total. The highest BCUT2D eigenvalue weighted by molar-refractivity contribution is 8.01. The third-order valence-electron chi connectivity index (χ3n) is 3.20. The summed E-state index contributed by atoms with van der Waals surface area (Å²) in [6.45, 7) is 0. The van der Waals surface area contributed by atoms with E-state index in [1.807, 2.05) is 0 Å². The maximum Gasteiger partial charge on any atom is 0.260 e. The van der Waals surface area contributed by atoms with Gasteiger partial charge in [0.25, 0.3) is 5.91 Å². The van der Waals surface area contributed by atoms with E-state index in [1.54, 1.807) is 6.07 Å². The smallest absolute Gasteiger partial charge is 0.260 e. The number of amides is 2. The molecule has 6 nitrogen and oxygen atoms in total. The largest absolute Gasteiger partial charge is 0.325 e. The van der Waals surface area contributed by atoms with Gasteiger partial charge in [-0.05, 0) is 36.4 Å². The average Bonchev–Trinajstić information content (AvgIpc) is 3.09. The molecule has 0 fully saturated rings. The van der Waals surface area contributed by atoms with Crippen LogP contribution in [0.2, 0.25) is 0 Å². The zero-order valence-electron chi connectivity index (χ0n) is 13.6. The van der Waals surface area contributed by atoms with E-state index in [1.165, 1.54) is 42.5 Å². The van der Waals surface area contributed by atoms with Gasteiger partial charge in [-0.2, -0.15) is 0 Å². The van der Waals surface area contributed by atoms with Crippen LogP contribution in [0.3, 0.4) is 0 Å².